The highest BCUT2D eigenvalue weighted by atomic mass is 28.3. The lowest BCUT2D eigenvalue weighted by Gasteiger charge is -2.45. The van der Waals surface area contributed by atoms with Crippen molar-refractivity contribution in [3.8, 4) is 16.8 Å². The van der Waals surface area contributed by atoms with Gasteiger partial charge in [-0.1, -0.05) is 403 Å². The van der Waals surface area contributed by atoms with Crippen LogP contribution in [-0.2, 0) is 5.41 Å². The van der Waals surface area contributed by atoms with E-state index in [1.165, 1.54) is 106 Å². The van der Waals surface area contributed by atoms with Crippen molar-refractivity contribution in [1.82, 2.24) is 4.57 Å². The molecule has 0 saturated carbocycles. The van der Waals surface area contributed by atoms with E-state index >= 15 is 0 Å². The van der Waals surface area contributed by atoms with E-state index in [4.69, 9.17) is 0 Å². The second-order valence-corrected chi connectivity index (χ2v) is 42.8. The van der Waals surface area contributed by atoms with Gasteiger partial charge in [-0.2, -0.15) is 0 Å². The Bertz CT molecular complexity index is 6130. The second-order valence-electron chi connectivity index (χ2n) is 31.4. The third-order valence-corrected chi connectivity index (χ3v) is 38.8. The Kier molecular flexibility index (Phi) is 17.3. The number of fused-ring (bicyclic) bond motifs is 7. The van der Waals surface area contributed by atoms with Crippen molar-refractivity contribution in [1.29, 1.82) is 0 Å². The summed E-state index contributed by atoms with van der Waals surface area (Å²) in [6, 6.07) is 170. The first-order valence-corrected chi connectivity index (χ1v) is 45.6. The fourth-order valence-electron chi connectivity index (χ4n) is 19.4. The van der Waals surface area contributed by atoms with E-state index in [1.807, 2.05) is 0 Å². The third kappa shape index (κ3) is 11.3. The maximum Gasteiger partial charge on any atom is 0.252 e. The van der Waals surface area contributed by atoms with Crippen molar-refractivity contribution in [2.24, 2.45) is 0 Å². The summed E-state index contributed by atoms with van der Waals surface area (Å²) in [6.45, 7) is 6.66. The third-order valence-electron chi connectivity index (χ3n) is 24.4. The largest absolute Gasteiger partial charge is 0.311 e. The van der Waals surface area contributed by atoms with Gasteiger partial charge in [-0.15, -0.1) is 0 Å². The minimum absolute atomic E-state index is 0.0156. The van der Waals surface area contributed by atoms with E-state index in [1.54, 1.807) is 0 Å². The highest BCUT2D eigenvalue weighted by molar-refractivity contribution is 7.21. The molecule has 0 radical (unpaired) electrons. The number of para-hydroxylation sites is 2. The number of aromatic nitrogens is 1. The van der Waals surface area contributed by atoms with Gasteiger partial charge in [0.2, 0.25) is 0 Å². The van der Waals surface area contributed by atoms with Crippen LogP contribution in [0.1, 0.15) is 26.3 Å². The van der Waals surface area contributed by atoms with Crippen LogP contribution < -0.4 is 88.4 Å². The van der Waals surface area contributed by atoms with Gasteiger partial charge in [0.25, 0.3) is 6.71 Å². The summed E-state index contributed by atoms with van der Waals surface area (Å²) in [5.74, 6) is 0. The van der Waals surface area contributed by atoms with Crippen LogP contribution in [0.5, 0.6) is 0 Å². The average molecular weight is 1490 g/mol. The lowest BCUT2D eigenvalue weighted by Crippen LogP contribution is -2.75. The molecule has 0 aliphatic carbocycles. The molecule has 536 valence electrons. The molecule has 1 aromatic heterocycles. The summed E-state index contributed by atoms with van der Waals surface area (Å²) >= 11 is 0. The minimum atomic E-state index is -3.17. The minimum Gasteiger partial charge on any atom is -0.311 e. The quantitative estimate of drug-likeness (QED) is 0.0706. The fraction of sp³-hybridized carbons (Fsp3) is 0.0377. The van der Waals surface area contributed by atoms with E-state index in [2.05, 4.69) is 478 Å². The standard InChI is InChI=1S/C106H82BN3Si3/c1-106(2,3)79-60-57-77(58-61-79)78-59-71-101-97(73-78)107-98-76-94(113(89-47-25-10-26-48-89,90-49-27-11-28-50-90)91-51-29-12-30-52-91)70-72-102(98)109(81-64-68-93(69-65-81)112(86-41-19-7-20-42-86,87-43-21-8-22-44-87)88-45-23-9-24-46-88)104-75-82(110-99-55-33-31-53-95(99)96-54-32-34-56-100(96)110)74-103(105(104)107)108(101)80-62-66-92(67-63-80)111(83-35-13-4-14-36-83,84-37-15-5-16-38-84)85-39-17-6-18-40-85/h4-76H,1-3H3. The van der Waals surface area contributed by atoms with Crippen LogP contribution in [0.4, 0.5) is 34.1 Å². The van der Waals surface area contributed by atoms with Crippen molar-refractivity contribution in [2.45, 2.75) is 26.2 Å². The van der Waals surface area contributed by atoms with Gasteiger partial charge in [0, 0.05) is 44.9 Å². The van der Waals surface area contributed by atoms with Crippen molar-refractivity contribution in [3.05, 3.63) is 448 Å². The number of hydrogen-bond acceptors (Lipinski definition) is 2. The van der Waals surface area contributed by atoms with Crippen LogP contribution in [0.25, 0.3) is 38.6 Å². The summed E-state index contributed by atoms with van der Waals surface area (Å²) in [7, 11) is -9.13. The van der Waals surface area contributed by atoms with Crippen molar-refractivity contribution >= 4 is 165 Å². The molecule has 3 nitrogen and oxygen atoms in total. The van der Waals surface area contributed by atoms with E-state index in [0.717, 1.165) is 50.8 Å². The SMILES string of the molecule is CC(C)(C)c1ccc(-c2ccc3c(c2)B2c4cc([Si](c5ccccc5)(c5ccccc5)c5ccccc5)ccc4N(c4ccc([Si](c5ccccc5)(c5ccccc5)c5ccccc5)cc4)c4cc(-n5c6ccccc6c6ccccc65)cc(c42)N3c2ccc([Si](c3ccccc3)(c3ccccc3)c3ccccc3)cc2)cc1. The monoisotopic (exact) mass is 1490 g/mol. The Morgan fingerprint density at radius 2 is 0.496 bits per heavy atom. The summed E-state index contributed by atoms with van der Waals surface area (Å²) < 4.78 is 2.54. The molecule has 113 heavy (non-hydrogen) atoms. The molecule has 0 unspecified atom stereocenters. The Morgan fingerprint density at radius 1 is 0.221 bits per heavy atom. The van der Waals surface area contributed by atoms with Crippen molar-refractivity contribution in [3.63, 3.8) is 0 Å². The van der Waals surface area contributed by atoms with Crippen LogP contribution in [0.2, 0.25) is 0 Å². The van der Waals surface area contributed by atoms with Gasteiger partial charge in [-0.25, -0.2) is 0 Å². The molecule has 0 spiro atoms. The van der Waals surface area contributed by atoms with E-state index in [-0.39, 0.29) is 12.1 Å². The molecule has 2 aliphatic rings. The van der Waals surface area contributed by atoms with Crippen molar-refractivity contribution < 1.29 is 0 Å². The van der Waals surface area contributed by atoms with Gasteiger partial charge >= 0.3 is 0 Å². The first-order chi connectivity index (χ1) is 55.7. The van der Waals surface area contributed by atoms with Gasteiger partial charge in [-0.05, 0) is 161 Å². The van der Waals surface area contributed by atoms with E-state index < -0.39 is 24.2 Å². The first kappa shape index (κ1) is 69.1. The molecule has 0 N–H and O–H groups in total. The molecule has 0 atom stereocenters. The van der Waals surface area contributed by atoms with Gasteiger partial charge in [-0.3, -0.25) is 0 Å². The van der Waals surface area contributed by atoms with Crippen LogP contribution in [0, 0.1) is 0 Å². The molecule has 0 saturated heterocycles. The molecular formula is C106H82BN3Si3. The maximum atomic E-state index is 2.69. The number of rotatable bonds is 16. The smallest absolute Gasteiger partial charge is 0.252 e. The molecule has 0 bridgehead atoms. The van der Waals surface area contributed by atoms with E-state index in [9.17, 15) is 0 Å². The van der Waals surface area contributed by atoms with Gasteiger partial charge in [0.1, 0.15) is 0 Å². The zero-order valence-electron chi connectivity index (χ0n) is 63.6. The summed E-state index contributed by atoms with van der Waals surface area (Å²) in [6.07, 6.45) is 0. The number of hydrogen-bond donors (Lipinski definition) is 0. The van der Waals surface area contributed by atoms with Gasteiger partial charge in [0.15, 0.2) is 24.2 Å². The Hall–Kier alpha value is -13.1. The molecule has 3 heterocycles. The molecule has 2 aliphatic heterocycles. The molecule has 7 heteroatoms. The zero-order chi connectivity index (χ0) is 75.7. The van der Waals surface area contributed by atoms with E-state index in [0.29, 0.717) is 0 Å². The van der Waals surface area contributed by atoms with Gasteiger partial charge in [0.05, 0.1) is 16.7 Å². The Morgan fingerprint density at radius 3 is 0.832 bits per heavy atom. The van der Waals surface area contributed by atoms with Crippen molar-refractivity contribution in [2.75, 3.05) is 9.80 Å². The van der Waals surface area contributed by atoms with Crippen LogP contribution in [0.3, 0.4) is 0 Å². The van der Waals surface area contributed by atoms with Crippen LogP contribution in [-0.4, -0.2) is 35.5 Å². The molecule has 18 aromatic rings. The van der Waals surface area contributed by atoms with Crippen LogP contribution >= 0.6 is 0 Å². The molecule has 17 aromatic carbocycles. The summed E-state index contributed by atoms with van der Waals surface area (Å²) in [4.78, 5) is 5.30. The predicted octanol–water partition coefficient (Wildman–Crippen LogP) is 16.0. The maximum absolute atomic E-state index is 3.17. The summed E-state index contributed by atoms with van der Waals surface area (Å²) in [5.41, 5.74) is 17.5. The predicted molar refractivity (Wildman–Crippen MR) is 490 cm³/mol. The molecule has 20 rings (SSSR count). The molecule has 0 amide bonds. The average Bonchev–Trinajstić information content (AvgIpc) is 1.21. The lowest BCUT2D eigenvalue weighted by atomic mass is 9.33. The summed E-state index contributed by atoms with van der Waals surface area (Å²) in [5, 5.41) is 18.4. The van der Waals surface area contributed by atoms with Crippen LogP contribution in [0.15, 0.2) is 443 Å². The lowest BCUT2D eigenvalue weighted by molar-refractivity contribution is 0.590. The zero-order valence-corrected chi connectivity index (χ0v) is 66.6. The molecular weight excluding hydrogens is 1410 g/mol. The van der Waals surface area contributed by atoms with Gasteiger partial charge < -0.3 is 14.4 Å². The normalized spacial score (nSPS) is 12.7. The Labute approximate surface area is 666 Å². The highest BCUT2D eigenvalue weighted by Crippen LogP contribution is 2.47. The molecule has 0 fully saturated rings. The Balaban J connectivity index is 0.910. The first-order valence-electron chi connectivity index (χ1n) is 39.6. The fourth-order valence-corrected chi connectivity index (χ4v) is 33.6. The number of anilines is 6. The second kappa shape index (κ2) is 28.3. The highest BCUT2D eigenvalue weighted by Gasteiger charge is 2.49. The number of nitrogens with zero attached hydrogens (tertiary/aromatic N) is 3. The number of benzene rings is 17. The topological polar surface area (TPSA) is 11.4 Å².